The molecule has 2 aromatic carbocycles. The van der Waals surface area contributed by atoms with E-state index in [-0.39, 0.29) is 11.5 Å². The molecule has 1 amide bonds. The largest absolute Gasteiger partial charge is 0.444 e. The van der Waals surface area contributed by atoms with E-state index in [2.05, 4.69) is 5.32 Å². The lowest BCUT2D eigenvalue weighted by Gasteiger charge is -2.25. The van der Waals surface area contributed by atoms with Gasteiger partial charge in [0.1, 0.15) is 0 Å². The second-order valence-electron chi connectivity index (χ2n) is 6.62. The Morgan fingerprint density at radius 1 is 1.04 bits per heavy atom. The number of ether oxygens (including phenoxy) is 1. The zero-order valence-corrected chi connectivity index (χ0v) is 14.4. The van der Waals surface area contributed by atoms with Crippen LogP contribution < -0.4 is 5.32 Å². The SMILES string of the molecule is CC(C)(C)NC(=O)C(OC(=O)c1ccc(C#N)cc1)c1ccccc1. The van der Waals surface area contributed by atoms with Gasteiger partial charge in [-0.3, -0.25) is 4.79 Å². The highest BCUT2D eigenvalue weighted by molar-refractivity contribution is 5.93. The van der Waals surface area contributed by atoms with Crippen molar-refractivity contribution in [3.8, 4) is 6.07 Å². The van der Waals surface area contributed by atoms with E-state index in [0.29, 0.717) is 11.1 Å². The summed E-state index contributed by atoms with van der Waals surface area (Å²) in [4.78, 5) is 25.0. The molecule has 0 spiro atoms. The van der Waals surface area contributed by atoms with Crippen LogP contribution >= 0.6 is 0 Å². The molecule has 5 nitrogen and oxygen atoms in total. The molecular formula is C20H20N2O3. The van der Waals surface area contributed by atoms with Crippen LogP contribution in [-0.4, -0.2) is 17.4 Å². The van der Waals surface area contributed by atoms with Crippen LogP contribution in [0, 0.1) is 11.3 Å². The van der Waals surface area contributed by atoms with Crippen LogP contribution in [0.1, 0.15) is 48.4 Å². The fraction of sp³-hybridized carbons (Fsp3) is 0.250. The number of hydrogen-bond donors (Lipinski definition) is 1. The molecule has 0 saturated carbocycles. The van der Waals surface area contributed by atoms with E-state index in [0.717, 1.165) is 0 Å². The summed E-state index contributed by atoms with van der Waals surface area (Å²) < 4.78 is 5.47. The van der Waals surface area contributed by atoms with Gasteiger partial charge in [-0.25, -0.2) is 4.79 Å². The number of amides is 1. The van der Waals surface area contributed by atoms with Gasteiger partial charge >= 0.3 is 5.97 Å². The number of carbonyl (C=O) groups is 2. The van der Waals surface area contributed by atoms with Gasteiger partial charge in [0.05, 0.1) is 17.2 Å². The third-order valence-electron chi connectivity index (χ3n) is 3.31. The van der Waals surface area contributed by atoms with Gasteiger partial charge in [0.25, 0.3) is 5.91 Å². The summed E-state index contributed by atoms with van der Waals surface area (Å²) in [5.74, 6) is -1.01. The molecule has 2 aromatic rings. The first-order valence-corrected chi connectivity index (χ1v) is 7.88. The molecule has 1 N–H and O–H groups in total. The standard InChI is InChI=1S/C20H20N2O3/c1-20(2,3)22-18(23)17(15-7-5-4-6-8-15)25-19(24)16-11-9-14(13-21)10-12-16/h4-12,17H,1-3H3,(H,22,23). The summed E-state index contributed by atoms with van der Waals surface area (Å²) in [5.41, 5.74) is 0.863. The third kappa shape index (κ3) is 5.18. The zero-order valence-electron chi connectivity index (χ0n) is 14.4. The number of benzene rings is 2. The van der Waals surface area contributed by atoms with Crippen LogP contribution in [0.5, 0.6) is 0 Å². The molecule has 2 rings (SSSR count). The van der Waals surface area contributed by atoms with Crippen LogP contribution in [0.2, 0.25) is 0 Å². The summed E-state index contributed by atoms with van der Waals surface area (Å²) >= 11 is 0. The fourth-order valence-electron chi connectivity index (χ4n) is 2.19. The molecule has 5 heteroatoms. The maximum absolute atomic E-state index is 12.6. The van der Waals surface area contributed by atoms with E-state index in [9.17, 15) is 9.59 Å². The summed E-state index contributed by atoms with van der Waals surface area (Å²) in [6.45, 7) is 5.57. The molecule has 128 valence electrons. The normalized spacial score (nSPS) is 11.9. The maximum atomic E-state index is 12.6. The molecule has 0 heterocycles. The number of carbonyl (C=O) groups excluding carboxylic acids is 2. The highest BCUT2D eigenvalue weighted by Crippen LogP contribution is 2.21. The molecule has 0 fully saturated rings. The first-order chi connectivity index (χ1) is 11.8. The minimum Gasteiger partial charge on any atom is -0.444 e. The molecule has 0 aliphatic rings. The second kappa shape index (κ2) is 7.63. The topological polar surface area (TPSA) is 79.2 Å². The van der Waals surface area contributed by atoms with Crippen LogP contribution in [0.15, 0.2) is 54.6 Å². The smallest absolute Gasteiger partial charge is 0.339 e. The van der Waals surface area contributed by atoms with Crippen LogP contribution in [0.25, 0.3) is 0 Å². The first-order valence-electron chi connectivity index (χ1n) is 7.88. The zero-order chi connectivity index (χ0) is 18.4. The fourth-order valence-corrected chi connectivity index (χ4v) is 2.19. The Labute approximate surface area is 147 Å². The molecular weight excluding hydrogens is 316 g/mol. The molecule has 0 aromatic heterocycles. The highest BCUT2D eigenvalue weighted by atomic mass is 16.5. The van der Waals surface area contributed by atoms with Crippen molar-refractivity contribution in [1.82, 2.24) is 5.32 Å². The molecule has 0 aliphatic heterocycles. The van der Waals surface area contributed by atoms with Crippen molar-refractivity contribution in [2.45, 2.75) is 32.4 Å². The first kappa shape index (κ1) is 18.2. The van der Waals surface area contributed by atoms with Crippen molar-refractivity contribution in [3.63, 3.8) is 0 Å². The Bertz CT molecular complexity index is 784. The minimum absolute atomic E-state index is 0.281. The van der Waals surface area contributed by atoms with Gasteiger partial charge in [0, 0.05) is 11.1 Å². The van der Waals surface area contributed by atoms with Gasteiger partial charge < -0.3 is 10.1 Å². The average Bonchev–Trinajstić information content (AvgIpc) is 2.58. The summed E-state index contributed by atoms with van der Waals surface area (Å²) in [5, 5.41) is 11.7. The molecule has 1 atom stereocenters. The van der Waals surface area contributed by atoms with E-state index in [1.54, 1.807) is 24.3 Å². The van der Waals surface area contributed by atoms with Crippen LogP contribution in [0.4, 0.5) is 0 Å². The van der Waals surface area contributed by atoms with Crippen molar-refractivity contribution in [1.29, 1.82) is 5.26 Å². The summed E-state index contributed by atoms with van der Waals surface area (Å²) in [7, 11) is 0. The number of rotatable bonds is 4. The molecule has 0 radical (unpaired) electrons. The van der Waals surface area contributed by atoms with Crippen LogP contribution in [0.3, 0.4) is 0 Å². The molecule has 0 saturated heterocycles. The van der Waals surface area contributed by atoms with Gasteiger partial charge in [-0.05, 0) is 45.0 Å². The average molecular weight is 336 g/mol. The predicted molar refractivity (Wildman–Crippen MR) is 93.7 cm³/mol. The van der Waals surface area contributed by atoms with E-state index >= 15 is 0 Å². The van der Waals surface area contributed by atoms with Gasteiger partial charge in [-0.1, -0.05) is 30.3 Å². The number of esters is 1. The van der Waals surface area contributed by atoms with E-state index in [4.69, 9.17) is 10.00 Å². The van der Waals surface area contributed by atoms with Gasteiger partial charge in [0.15, 0.2) is 0 Å². The van der Waals surface area contributed by atoms with E-state index in [1.807, 2.05) is 32.9 Å². The number of nitriles is 1. The lowest BCUT2D eigenvalue weighted by Crippen LogP contribution is -2.44. The lowest BCUT2D eigenvalue weighted by molar-refractivity contribution is -0.131. The van der Waals surface area contributed by atoms with E-state index in [1.165, 1.54) is 24.3 Å². The number of nitrogens with zero attached hydrogens (tertiary/aromatic N) is 1. The van der Waals surface area contributed by atoms with Crippen molar-refractivity contribution >= 4 is 11.9 Å². The maximum Gasteiger partial charge on any atom is 0.339 e. The van der Waals surface area contributed by atoms with Crippen molar-refractivity contribution in [2.75, 3.05) is 0 Å². The summed E-state index contributed by atoms with van der Waals surface area (Å²) in [6.07, 6.45) is -1.05. The van der Waals surface area contributed by atoms with E-state index < -0.39 is 17.6 Å². The number of hydrogen-bond acceptors (Lipinski definition) is 4. The van der Waals surface area contributed by atoms with Gasteiger partial charge in [0.2, 0.25) is 6.10 Å². The van der Waals surface area contributed by atoms with Crippen molar-refractivity contribution in [3.05, 3.63) is 71.3 Å². The Balaban J connectivity index is 2.24. The predicted octanol–water partition coefficient (Wildman–Crippen LogP) is 3.37. The Morgan fingerprint density at radius 2 is 1.64 bits per heavy atom. The Hall–Kier alpha value is -3.13. The monoisotopic (exact) mass is 336 g/mol. The molecule has 25 heavy (non-hydrogen) atoms. The minimum atomic E-state index is -1.05. The second-order valence-corrected chi connectivity index (χ2v) is 6.62. The molecule has 1 unspecified atom stereocenters. The van der Waals surface area contributed by atoms with Crippen molar-refractivity contribution < 1.29 is 14.3 Å². The number of nitrogens with one attached hydrogen (secondary N) is 1. The molecule has 0 aliphatic carbocycles. The highest BCUT2D eigenvalue weighted by Gasteiger charge is 2.28. The van der Waals surface area contributed by atoms with Gasteiger partial charge in [-0.15, -0.1) is 0 Å². The lowest BCUT2D eigenvalue weighted by atomic mass is 10.1. The Morgan fingerprint density at radius 3 is 2.16 bits per heavy atom. The third-order valence-corrected chi connectivity index (χ3v) is 3.31. The summed E-state index contributed by atoms with van der Waals surface area (Å²) in [6, 6.07) is 16.9. The quantitative estimate of drug-likeness (QED) is 0.868. The van der Waals surface area contributed by atoms with Gasteiger partial charge in [-0.2, -0.15) is 5.26 Å². The molecule has 0 bridgehead atoms. The van der Waals surface area contributed by atoms with Crippen molar-refractivity contribution in [2.24, 2.45) is 0 Å². The van der Waals surface area contributed by atoms with Crippen LogP contribution in [-0.2, 0) is 9.53 Å². The Kier molecular flexibility index (Phi) is 5.56.